The van der Waals surface area contributed by atoms with Gasteiger partial charge < -0.3 is 14.2 Å². The van der Waals surface area contributed by atoms with Crippen molar-refractivity contribution >= 4 is 21.6 Å². The molecule has 1 saturated heterocycles. The number of nitrogens with zero attached hydrogens (tertiary/aromatic N) is 4. The quantitative estimate of drug-likeness (QED) is 0.452. The lowest BCUT2D eigenvalue weighted by Gasteiger charge is -2.27. The van der Waals surface area contributed by atoms with Gasteiger partial charge in [-0.15, -0.1) is 0 Å². The highest BCUT2D eigenvalue weighted by atomic mass is 32.2. The summed E-state index contributed by atoms with van der Waals surface area (Å²) < 4.78 is 45.4. The van der Waals surface area contributed by atoms with Gasteiger partial charge in [-0.3, -0.25) is 18.9 Å². The highest BCUT2D eigenvalue weighted by Crippen LogP contribution is 2.38. The number of hydrogen-bond donors (Lipinski definition) is 0. The third kappa shape index (κ3) is 4.45. The van der Waals surface area contributed by atoms with E-state index in [0.717, 1.165) is 0 Å². The zero-order valence-corrected chi connectivity index (χ0v) is 21.7. The molecule has 1 fully saturated rings. The fourth-order valence-electron chi connectivity index (χ4n) is 4.56. The van der Waals surface area contributed by atoms with Crippen LogP contribution in [0.3, 0.4) is 0 Å². The number of fused-ring (bicyclic) bond motifs is 2. The Morgan fingerprint density at radius 1 is 1.14 bits per heavy atom. The largest absolute Gasteiger partial charge is 0.497 e. The average molecular weight is 529 g/mol. The van der Waals surface area contributed by atoms with E-state index in [0.29, 0.717) is 47.6 Å². The maximum Gasteiger partial charge on any atom is 0.272 e. The van der Waals surface area contributed by atoms with E-state index in [1.54, 1.807) is 30.5 Å². The van der Waals surface area contributed by atoms with Gasteiger partial charge in [0.15, 0.2) is 6.73 Å². The topological polar surface area (TPSA) is 120 Å². The second kappa shape index (κ2) is 9.77. The van der Waals surface area contributed by atoms with E-state index in [4.69, 9.17) is 14.2 Å². The van der Waals surface area contributed by atoms with Gasteiger partial charge in [-0.2, -0.15) is 9.29 Å². The summed E-state index contributed by atoms with van der Waals surface area (Å²) in [6.45, 7) is 5.71. The lowest BCUT2D eigenvalue weighted by Crippen LogP contribution is -2.38. The minimum Gasteiger partial charge on any atom is -0.497 e. The Labute approximate surface area is 214 Å². The van der Waals surface area contributed by atoms with Gasteiger partial charge >= 0.3 is 0 Å². The van der Waals surface area contributed by atoms with Crippen LogP contribution in [0.4, 0.5) is 0 Å². The minimum absolute atomic E-state index is 0.0108. The molecule has 3 aromatic rings. The van der Waals surface area contributed by atoms with Crippen molar-refractivity contribution in [2.75, 3.05) is 40.1 Å². The molecule has 0 N–H and O–H groups in total. The predicted octanol–water partition coefficient (Wildman–Crippen LogP) is 1.84. The first-order chi connectivity index (χ1) is 17.7. The highest BCUT2D eigenvalue weighted by Gasteiger charge is 2.44. The number of pyridine rings is 1. The van der Waals surface area contributed by atoms with Crippen LogP contribution in [0.2, 0.25) is 0 Å². The predicted molar refractivity (Wildman–Crippen MR) is 133 cm³/mol. The Balaban J connectivity index is 1.51. The lowest BCUT2D eigenvalue weighted by molar-refractivity contribution is 0.0333. The van der Waals surface area contributed by atoms with Crippen molar-refractivity contribution in [1.29, 1.82) is 0 Å². The zero-order chi connectivity index (χ0) is 26.3. The molecule has 0 atom stereocenters. The molecule has 4 heterocycles. The van der Waals surface area contributed by atoms with Crippen LogP contribution in [-0.4, -0.2) is 73.1 Å². The lowest BCUT2D eigenvalue weighted by atomic mass is 9.96. The van der Waals surface area contributed by atoms with E-state index in [1.165, 1.54) is 17.6 Å². The number of morpholine rings is 1. The van der Waals surface area contributed by atoms with Crippen molar-refractivity contribution in [2.45, 2.75) is 31.2 Å². The van der Waals surface area contributed by atoms with E-state index in [-0.39, 0.29) is 39.9 Å². The summed E-state index contributed by atoms with van der Waals surface area (Å²) in [7, 11) is -2.77. The van der Waals surface area contributed by atoms with Gasteiger partial charge in [0.1, 0.15) is 16.3 Å². The molecule has 5 rings (SSSR count). The number of ether oxygens (including phenoxy) is 3. The van der Waals surface area contributed by atoms with Gasteiger partial charge in [0.25, 0.3) is 21.5 Å². The summed E-state index contributed by atoms with van der Waals surface area (Å²) in [5.74, 6) is -0.471. The first kappa shape index (κ1) is 25.2. The first-order valence-corrected chi connectivity index (χ1v) is 13.4. The number of carbonyl (C=O) groups is 1. The summed E-state index contributed by atoms with van der Waals surface area (Å²) in [6.07, 6.45) is 1.61. The maximum absolute atomic E-state index is 13.4. The van der Waals surface area contributed by atoms with Crippen molar-refractivity contribution < 1.29 is 27.4 Å². The molecule has 1 aromatic carbocycles. The summed E-state index contributed by atoms with van der Waals surface area (Å²) in [6, 6.07) is 8.13. The van der Waals surface area contributed by atoms with Crippen LogP contribution >= 0.6 is 0 Å². The SMILES string of the molecule is COc1cc(C(C)C)c2c(c1)S(=O)(=O)N(COc1nc3ccccn3c(=O)c1CN1CCOCC1)C2=O. The van der Waals surface area contributed by atoms with Crippen LogP contribution in [0.5, 0.6) is 11.6 Å². The molecule has 12 heteroatoms. The smallest absolute Gasteiger partial charge is 0.272 e. The number of benzene rings is 1. The van der Waals surface area contributed by atoms with Gasteiger partial charge in [-0.1, -0.05) is 19.9 Å². The second-order valence-electron chi connectivity index (χ2n) is 9.19. The normalized spacial score (nSPS) is 17.4. The van der Waals surface area contributed by atoms with E-state index < -0.39 is 22.7 Å². The minimum atomic E-state index is -4.21. The van der Waals surface area contributed by atoms with E-state index in [2.05, 4.69) is 4.98 Å². The molecule has 0 bridgehead atoms. The van der Waals surface area contributed by atoms with Crippen LogP contribution in [0.1, 0.15) is 41.3 Å². The number of hydrogen-bond acceptors (Lipinski definition) is 9. The van der Waals surface area contributed by atoms with Gasteiger partial charge in [-0.25, -0.2) is 8.42 Å². The summed E-state index contributed by atoms with van der Waals surface area (Å²) in [5.41, 5.74) is 0.980. The van der Waals surface area contributed by atoms with Crippen molar-refractivity contribution in [3.05, 3.63) is 63.6 Å². The van der Waals surface area contributed by atoms with E-state index in [1.807, 2.05) is 18.7 Å². The zero-order valence-electron chi connectivity index (χ0n) is 20.8. The third-order valence-electron chi connectivity index (χ3n) is 6.57. The molecule has 2 aliphatic rings. The monoisotopic (exact) mass is 528 g/mol. The standard InChI is InChI=1S/C25H28N4O7S/c1-16(2)18-12-17(34-3)13-20-22(18)25(31)29(37(20,32)33)15-36-23-19(14-27-8-10-35-11-9-27)24(30)28-7-5-4-6-21(28)26-23/h4-7,12-13,16H,8-11,14-15H2,1-3H3. The molecule has 2 aromatic heterocycles. The molecular formula is C25H28N4O7S. The first-order valence-electron chi connectivity index (χ1n) is 11.9. The molecule has 0 radical (unpaired) electrons. The number of carbonyl (C=O) groups excluding carboxylic acids is 1. The van der Waals surface area contributed by atoms with Crippen LogP contribution in [0.15, 0.2) is 46.2 Å². The maximum atomic E-state index is 13.4. The van der Waals surface area contributed by atoms with Crippen molar-refractivity contribution in [2.24, 2.45) is 0 Å². The molecule has 11 nitrogen and oxygen atoms in total. The number of aromatic nitrogens is 2. The number of sulfonamides is 1. The Kier molecular flexibility index (Phi) is 6.65. The van der Waals surface area contributed by atoms with Crippen LogP contribution in [0, 0.1) is 0 Å². The fourth-order valence-corrected chi connectivity index (χ4v) is 6.03. The Morgan fingerprint density at radius 2 is 1.89 bits per heavy atom. The van der Waals surface area contributed by atoms with Crippen molar-refractivity contribution in [3.8, 4) is 11.6 Å². The molecule has 0 spiro atoms. The summed E-state index contributed by atoms with van der Waals surface area (Å²) in [5, 5.41) is 0. The average Bonchev–Trinajstić information content (AvgIpc) is 3.09. The van der Waals surface area contributed by atoms with Crippen molar-refractivity contribution in [1.82, 2.24) is 18.6 Å². The number of methoxy groups -OCH3 is 1. The van der Waals surface area contributed by atoms with Crippen LogP contribution in [-0.2, 0) is 21.3 Å². The van der Waals surface area contributed by atoms with Gasteiger partial charge in [0, 0.05) is 31.9 Å². The fraction of sp³-hybridized carbons (Fsp3) is 0.400. The van der Waals surface area contributed by atoms with E-state index in [9.17, 15) is 18.0 Å². The number of amides is 1. The van der Waals surface area contributed by atoms with Crippen LogP contribution in [0.25, 0.3) is 5.65 Å². The number of rotatable bonds is 7. The second-order valence-corrected chi connectivity index (χ2v) is 11.0. The van der Waals surface area contributed by atoms with Crippen LogP contribution < -0.4 is 15.0 Å². The third-order valence-corrected chi connectivity index (χ3v) is 8.30. The molecule has 0 unspecified atom stereocenters. The van der Waals surface area contributed by atoms with Gasteiger partial charge in [-0.05, 0) is 29.7 Å². The highest BCUT2D eigenvalue weighted by molar-refractivity contribution is 7.90. The molecule has 37 heavy (non-hydrogen) atoms. The van der Waals surface area contributed by atoms with Gasteiger partial charge in [0.05, 0.1) is 31.5 Å². The molecule has 1 amide bonds. The summed E-state index contributed by atoms with van der Waals surface area (Å²) >= 11 is 0. The Hall–Kier alpha value is -3.48. The Morgan fingerprint density at radius 3 is 2.59 bits per heavy atom. The molecule has 196 valence electrons. The molecular weight excluding hydrogens is 500 g/mol. The van der Waals surface area contributed by atoms with Gasteiger partial charge in [0.2, 0.25) is 5.88 Å². The molecule has 0 aliphatic carbocycles. The summed E-state index contributed by atoms with van der Waals surface area (Å²) in [4.78, 5) is 33.1. The molecule has 0 saturated carbocycles. The van der Waals surface area contributed by atoms with Crippen molar-refractivity contribution in [3.63, 3.8) is 0 Å². The van der Waals surface area contributed by atoms with E-state index >= 15 is 0 Å². The Bertz CT molecular complexity index is 1530. The molecule has 2 aliphatic heterocycles.